The summed E-state index contributed by atoms with van der Waals surface area (Å²) in [6, 6.07) is 3.53. The molecule has 1 rings (SSSR count). The molecule has 0 aliphatic carbocycles. The predicted molar refractivity (Wildman–Crippen MR) is 56.9 cm³/mol. The van der Waals surface area contributed by atoms with E-state index in [1.165, 1.54) is 12.1 Å². The molecule has 6 heteroatoms. The molecule has 82 valence electrons. The Labute approximate surface area is 95.0 Å². The molecule has 0 saturated carbocycles. The highest BCUT2D eigenvalue weighted by Crippen LogP contribution is 2.33. The normalized spacial score (nSPS) is 11.5. The maximum atomic E-state index is 12.5. The average Bonchev–Trinajstić information content (AvgIpc) is 2.05. The number of alkyl halides is 3. The van der Waals surface area contributed by atoms with Crippen LogP contribution in [0.3, 0.4) is 0 Å². The molecule has 1 aromatic carbocycles. The summed E-state index contributed by atoms with van der Waals surface area (Å²) in [5.74, 6) is 0. The van der Waals surface area contributed by atoms with Crippen LogP contribution in [0.4, 0.5) is 13.2 Å². The fourth-order valence-corrected chi connectivity index (χ4v) is 1.48. The Balaban J connectivity index is 3.20. The molecule has 0 aliphatic heterocycles. The summed E-state index contributed by atoms with van der Waals surface area (Å²) in [6.07, 6.45) is -4.52. The molecule has 0 atom stereocenters. The van der Waals surface area contributed by atoms with Gasteiger partial charge in [0, 0.05) is 11.4 Å². The van der Waals surface area contributed by atoms with E-state index in [1.54, 1.807) is 0 Å². The zero-order valence-electron chi connectivity index (χ0n) is 7.44. The first-order valence-electron chi connectivity index (χ1n) is 3.94. The lowest BCUT2D eigenvalue weighted by Gasteiger charge is -2.12. The number of benzene rings is 1. The standard InChI is InChI=1S/C9H7ClF3NS/c10-6-2-1-5(3-8(14)15)7(4-6)9(11,12)13/h1-2,4H,3H2,(H2,14,15). The van der Waals surface area contributed by atoms with Crippen molar-refractivity contribution >= 4 is 28.8 Å². The lowest BCUT2D eigenvalue weighted by molar-refractivity contribution is -0.138. The maximum Gasteiger partial charge on any atom is 0.416 e. The molecule has 0 spiro atoms. The minimum atomic E-state index is -4.44. The van der Waals surface area contributed by atoms with Gasteiger partial charge in [-0.25, -0.2) is 0 Å². The average molecular weight is 254 g/mol. The van der Waals surface area contributed by atoms with Crippen LogP contribution in [-0.2, 0) is 12.6 Å². The van der Waals surface area contributed by atoms with Gasteiger partial charge in [-0.2, -0.15) is 13.2 Å². The van der Waals surface area contributed by atoms with Gasteiger partial charge in [-0.3, -0.25) is 0 Å². The van der Waals surface area contributed by atoms with E-state index in [4.69, 9.17) is 17.3 Å². The molecule has 1 nitrogen and oxygen atoms in total. The summed E-state index contributed by atoms with van der Waals surface area (Å²) in [6.45, 7) is 0. The van der Waals surface area contributed by atoms with Gasteiger partial charge in [-0.1, -0.05) is 29.9 Å². The van der Waals surface area contributed by atoms with Crippen molar-refractivity contribution in [3.05, 3.63) is 34.3 Å². The molecule has 0 amide bonds. The number of rotatable bonds is 2. The van der Waals surface area contributed by atoms with Gasteiger partial charge < -0.3 is 5.73 Å². The Hall–Kier alpha value is -0.810. The Bertz CT molecular complexity index is 389. The molecule has 0 unspecified atom stereocenters. The summed E-state index contributed by atoms with van der Waals surface area (Å²) < 4.78 is 37.6. The quantitative estimate of drug-likeness (QED) is 0.820. The van der Waals surface area contributed by atoms with Gasteiger partial charge in [0.1, 0.15) is 0 Å². The third kappa shape index (κ3) is 3.35. The van der Waals surface area contributed by atoms with E-state index in [-0.39, 0.29) is 22.0 Å². The molecule has 15 heavy (non-hydrogen) atoms. The van der Waals surface area contributed by atoms with Crippen molar-refractivity contribution in [2.75, 3.05) is 0 Å². The Morgan fingerprint density at radius 3 is 2.47 bits per heavy atom. The van der Waals surface area contributed by atoms with Crippen LogP contribution in [-0.4, -0.2) is 4.99 Å². The second-order valence-electron chi connectivity index (χ2n) is 2.94. The summed E-state index contributed by atoms with van der Waals surface area (Å²) in [4.78, 5) is 0.0165. The highest BCUT2D eigenvalue weighted by Gasteiger charge is 2.33. The van der Waals surface area contributed by atoms with Gasteiger partial charge in [0.2, 0.25) is 0 Å². The number of thiocarbonyl (C=S) groups is 1. The van der Waals surface area contributed by atoms with Crippen LogP contribution < -0.4 is 5.73 Å². The molecule has 0 heterocycles. The number of halogens is 4. The van der Waals surface area contributed by atoms with Crippen molar-refractivity contribution in [2.45, 2.75) is 12.6 Å². The highest BCUT2D eigenvalue weighted by atomic mass is 35.5. The van der Waals surface area contributed by atoms with Gasteiger partial charge in [0.15, 0.2) is 0 Å². The van der Waals surface area contributed by atoms with Crippen molar-refractivity contribution in [1.82, 2.24) is 0 Å². The monoisotopic (exact) mass is 253 g/mol. The van der Waals surface area contributed by atoms with Crippen molar-refractivity contribution in [1.29, 1.82) is 0 Å². The van der Waals surface area contributed by atoms with Crippen LogP contribution in [0, 0.1) is 0 Å². The second-order valence-corrected chi connectivity index (χ2v) is 3.90. The molecule has 0 bridgehead atoms. The van der Waals surface area contributed by atoms with Crippen molar-refractivity contribution in [3.63, 3.8) is 0 Å². The molecule has 2 N–H and O–H groups in total. The van der Waals surface area contributed by atoms with Gasteiger partial charge in [-0.05, 0) is 17.7 Å². The predicted octanol–water partition coefficient (Wildman–Crippen LogP) is 3.19. The number of hydrogen-bond acceptors (Lipinski definition) is 1. The topological polar surface area (TPSA) is 26.0 Å². The fourth-order valence-electron chi connectivity index (χ4n) is 1.15. The molecule has 0 radical (unpaired) electrons. The largest absolute Gasteiger partial charge is 0.416 e. The third-order valence-corrected chi connectivity index (χ3v) is 2.12. The van der Waals surface area contributed by atoms with Crippen LogP contribution in [0.25, 0.3) is 0 Å². The van der Waals surface area contributed by atoms with Crippen molar-refractivity contribution < 1.29 is 13.2 Å². The Kier molecular flexibility index (Phi) is 3.57. The minimum Gasteiger partial charge on any atom is -0.393 e. The number of nitrogens with two attached hydrogens (primary N) is 1. The van der Waals surface area contributed by atoms with Gasteiger partial charge in [0.25, 0.3) is 0 Å². The van der Waals surface area contributed by atoms with Gasteiger partial charge >= 0.3 is 6.18 Å². The van der Waals surface area contributed by atoms with E-state index in [9.17, 15) is 13.2 Å². The number of hydrogen-bond donors (Lipinski definition) is 1. The molecular weight excluding hydrogens is 247 g/mol. The summed E-state index contributed by atoms with van der Waals surface area (Å²) in [7, 11) is 0. The van der Waals surface area contributed by atoms with Gasteiger partial charge in [-0.15, -0.1) is 0 Å². The van der Waals surface area contributed by atoms with E-state index in [1.807, 2.05) is 0 Å². The van der Waals surface area contributed by atoms with Crippen molar-refractivity contribution in [2.24, 2.45) is 5.73 Å². The molecular formula is C9H7ClF3NS. The first-order chi connectivity index (χ1) is 6.80. The van der Waals surface area contributed by atoms with E-state index in [2.05, 4.69) is 12.2 Å². The van der Waals surface area contributed by atoms with Crippen molar-refractivity contribution in [3.8, 4) is 0 Å². The van der Waals surface area contributed by atoms with Crippen LogP contribution in [0.2, 0.25) is 5.02 Å². The minimum absolute atomic E-state index is 0.0165. The molecule has 0 fully saturated rings. The van der Waals surface area contributed by atoms with E-state index in [0.717, 1.165) is 6.07 Å². The Morgan fingerprint density at radius 2 is 2.00 bits per heavy atom. The van der Waals surface area contributed by atoms with E-state index >= 15 is 0 Å². The first kappa shape index (κ1) is 12.3. The SMILES string of the molecule is NC(=S)Cc1ccc(Cl)cc1C(F)(F)F. The fraction of sp³-hybridized carbons (Fsp3) is 0.222. The molecule has 0 aromatic heterocycles. The first-order valence-corrected chi connectivity index (χ1v) is 4.73. The van der Waals surface area contributed by atoms with Crippen LogP contribution in [0.15, 0.2) is 18.2 Å². The van der Waals surface area contributed by atoms with E-state index in [0.29, 0.717) is 0 Å². The lowest BCUT2D eigenvalue weighted by Crippen LogP contribution is -2.16. The van der Waals surface area contributed by atoms with Gasteiger partial charge in [0.05, 0.1) is 10.6 Å². The summed E-state index contributed by atoms with van der Waals surface area (Å²) in [5, 5.41) is 0.0361. The third-order valence-electron chi connectivity index (χ3n) is 1.74. The molecule has 1 aromatic rings. The maximum absolute atomic E-state index is 12.5. The van der Waals surface area contributed by atoms with E-state index < -0.39 is 11.7 Å². The highest BCUT2D eigenvalue weighted by molar-refractivity contribution is 7.80. The zero-order chi connectivity index (χ0) is 11.6. The lowest BCUT2D eigenvalue weighted by atomic mass is 10.0. The van der Waals surface area contributed by atoms with Crippen LogP contribution >= 0.6 is 23.8 Å². The summed E-state index contributed by atoms with van der Waals surface area (Å²) >= 11 is 10.1. The molecule has 0 aliphatic rings. The second kappa shape index (κ2) is 4.37. The Morgan fingerprint density at radius 1 is 1.40 bits per heavy atom. The smallest absolute Gasteiger partial charge is 0.393 e. The van der Waals surface area contributed by atoms with Crippen LogP contribution in [0.5, 0.6) is 0 Å². The zero-order valence-corrected chi connectivity index (χ0v) is 9.01. The summed E-state index contributed by atoms with van der Waals surface area (Å²) in [5.41, 5.74) is 4.46. The molecule has 0 saturated heterocycles. The van der Waals surface area contributed by atoms with Crippen LogP contribution in [0.1, 0.15) is 11.1 Å².